The molecule has 7 nitrogen and oxygen atoms in total. The fraction of sp³-hybridized carbons (Fsp3) is 0.800. The maximum absolute atomic E-state index is 11.9. The molecule has 1 rings (SSSR count). The number of amidine groups is 1. The van der Waals surface area contributed by atoms with Crippen LogP contribution in [0.15, 0.2) is 5.16 Å². The molecule has 0 bridgehead atoms. The van der Waals surface area contributed by atoms with Gasteiger partial charge in [0.1, 0.15) is 5.41 Å². The van der Waals surface area contributed by atoms with E-state index in [1.54, 1.807) is 0 Å². The number of nitrogens with zero attached hydrogens (tertiary/aromatic N) is 1. The summed E-state index contributed by atoms with van der Waals surface area (Å²) in [6.45, 7) is 3.06. The van der Waals surface area contributed by atoms with Crippen LogP contribution >= 0.6 is 0 Å². The van der Waals surface area contributed by atoms with Crippen LogP contribution in [0.5, 0.6) is 0 Å². The third-order valence-electron chi connectivity index (χ3n) is 3.46. The van der Waals surface area contributed by atoms with E-state index in [0.29, 0.717) is 12.8 Å². The molecule has 1 saturated carbocycles. The van der Waals surface area contributed by atoms with Gasteiger partial charge in [0.25, 0.3) is 0 Å². The lowest BCUT2D eigenvalue weighted by molar-refractivity contribution is -0.124. The predicted molar refractivity (Wildman–Crippen MR) is 67.0 cm³/mol. The van der Waals surface area contributed by atoms with Crippen LogP contribution in [-0.2, 0) is 14.6 Å². The zero-order chi connectivity index (χ0) is 14.2. The van der Waals surface area contributed by atoms with Gasteiger partial charge in [-0.05, 0) is 26.7 Å². The van der Waals surface area contributed by atoms with Crippen molar-refractivity contribution in [2.75, 3.05) is 12.8 Å². The molecular formula is C10H19N3O4S. The molecule has 1 aliphatic rings. The second-order valence-corrected chi connectivity index (χ2v) is 7.93. The average Bonchev–Trinajstić information content (AvgIpc) is 3.04. The van der Waals surface area contributed by atoms with Crippen molar-refractivity contribution in [3.63, 3.8) is 0 Å². The number of sulfone groups is 1. The van der Waals surface area contributed by atoms with Crippen LogP contribution in [0.4, 0.5) is 0 Å². The molecule has 0 atom stereocenters. The molecule has 0 radical (unpaired) electrons. The summed E-state index contributed by atoms with van der Waals surface area (Å²) in [5.41, 5.74) is 4.50. The van der Waals surface area contributed by atoms with E-state index < -0.39 is 25.9 Å². The summed E-state index contributed by atoms with van der Waals surface area (Å²) in [7, 11) is -3.27. The molecule has 8 heteroatoms. The number of carbonyl (C=O) groups is 1. The number of hydrogen-bond acceptors (Lipinski definition) is 5. The molecule has 0 aromatic rings. The van der Waals surface area contributed by atoms with E-state index in [1.807, 2.05) is 0 Å². The Labute approximate surface area is 106 Å². The molecule has 1 amide bonds. The number of hydrogen-bond donors (Lipinski definition) is 3. The molecule has 0 saturated heterocycles. The van der Waals surface area contributed by atoms with Crippen molar-refractivity contribution >= 4 is 21.6 Å². The standard InChI is InChI=1S/C10H19N3O4S/c1-9(2,18(3,16)17)6-12-8(14)10(4-5-10)7(11)13-15/h15H,4-6H2,1-3H3,(H2,11,13)(H,12,14). The van der Waals surface area contributed by atoms with Crippen LogP contribution in [0.25, 0.3) is 0 Å². The first-order chi connectivity index (χ1) is 8.07. The van der Waals surface area contributed by atoms with Crippen LogP contribution in [0.3, 0.4) is 0 Å². The summed E-state index contributed by atoms with van der Waals surface area (Å²) < 4.78 is 21.9. The van der Waals surface area contributed by atoms with Crippen molar-refractivity contribution in [3.05, 3.63) is 0 Å². The van der Waals surface area contributed by atoms with Crippen molar-refractivity contribution in [2.45, 2.75) is 31.4 Å². The molecule has 4 N–H and O–H groups in total. The molecule has 0 heterocycles. The van der Waals surface area contributed by atoms with Crippen molar-refractivity contribution in [3.8, 4) is 0 Å². The highest BCUT2D eigenvalue weighted by atomic mass is 32.2. The van der Waals surface area contributed by atoms with Gasteiger partial charge in [0.15, 0.2) is 15.7 Å². The topological polar surface area (TPSA) is 122 Å². The quantitative estimate of drug-likeness (QED) is 0.269. The van der Waals surface area contributed by atoms with Gasteiger partial charge in [-0.1, -0.05) is 5.16 Å². The molecule has 0 spiro atoms. The number of amides is 1. The van der Waals surface area contributed by atoms with Crippen LogP contribution in [-0.4, -0.2) is 42.9 Å². The number of nitrogens with one attached hydrogen (secondary N) is 1. The van der Waals surface area contributed by atoms with Gasteiger partial charge in [-0.15, -0.1) is 0 Å². The van der Waals surface area contributed by atoms with E-state index in [9.17, 15) is 13.2 Å². The normalized spacial score (nSPS) is 19.4. The minimum absolute atomic E-state index is 0.00880. The third kappa shape index (κ3) is 2.58. The first-order valence-electron chi connectivity index (χ1n) is 5.53. The lowest BCUT2D eigenvalue weighted by Crippen LogP contribution is -2.48. The molecule has 1 aliphatic carbocycles. The zero-order valence-electron chi connectivity index (χ0n) is 10.7. The van der Waals surface area contributed by atoms with Gasteiger partial charge in [-0.25, -0.2) is 8.42 Å². The van der Waals surface area contributed by atoms with Crippen LogP contribution < -0.4 is 11.1 Å². The van der Waals surface area contributed by atoms with E-state index in [2.05, 4.69) is 10.5 Å². The summed E-state index contributed by atoms with van der Waals surface area (Å²) in [6, 6.07) is 0. The van der Waals surface area contributed by atoms with Gasteiger partial charge in [-0.2, -0.15) is 0 Å². The van der Waals surface area contributed by atoms with E-state index in [0.717, 1.165) is 6.26 Å². The van der Waals surface area contributed by atoms with Gasteiger partial charge in [0.2, 0.25) is 5.91 Å². The number of oxime groups is 1. The van der Waals surface area contributed by atoms with E-state index in [-0.39, 0.29) is 12.4 Å². The van der Waals surface area contributed by atoms with E-state index in [1.165, 1.54) is 13.8 Å². The Morgan fingerprint density at radius 1 is 1.50 bits per heavy atom. The molecule has 0 aromatic carbocycles. The highest BCUT2D eigenvalue weighted by Crippen LogP contribution is 2.46. The zero-order valence-corrected chi connectivity index (χ0v) is 11.5. The first-order valence-corrected chi connectivity index (χ1v) is 7.42. The smallest absolute Gasteiger partial charge is 0.234 e. The molecule has 0 unspecified atom stereocenters. The lowest BCUT2D eigenvalue weighted by atomic mass is 10.0. The van der Waals surface area contributed by atoms with Crippen molar-refractivity contribution in [2.24, 2.45) is 16.3 Å². The Morgan fingerprint density at radius 2 is 2.00 bits per heavy atom. The van der Waals surface area contributed by atoms with Gasteiger partial charge in [-0.3, -0.25) is 4.79 Å². The molecular weight excluding hydrogens is 258 g/mol. The second-order valence-electron chi connectivity index (χ2n) is 5.28. The fourth-order valence-electron chi connectivity index (χ4n) is 1.41. The highest BCUT2D eigenvalue weighted by Gasteiger charge is 2.54. The number of carbonyl (C=O) groups excluding carboxylic acids is 1. The van der Waals surface area contributed by atoms with Crippen molar-refractivity contribution < 1.29 is 18.4 Å². The van der Waals surface area contributed by atoms with Crippen LogP contribution in [0.2, 0.25) is 0 Å². The van der Waals surface area contributed by atoms with Gasteiger partial charge < -0.3 is 16.3 Å². The Hall–Kier alpha value is -1.31. The Kier molecular flexibility index (Phi) is 3.62. The number of rotatable bonds is 5. The minimum Gasteiger partial charge on any atom is -0.409 e. The third-order valence-corrected chi connectivity index (χ3v) is 5.61. The Bertz CT molecular complexity index is 477. The van der Waals surface area contributed by atoms with Crippen molar-refractivity contribution in [1.82, 2.24) is 5.32 Å². The minimum atomic E-state index is -3.27. The van der Waals surface area contributed by atoms with Gasteiger partial charge in [0, 0.05) is 12.8 Å². The molecule has 18 heavy (non-hydrogen) atoms. The molecule has 1 fully saturated rings. The summed E-state index contributed by atoms with van der Waals surface area (Å²) in [6.07, 6.45) is 2.14. The predicted octanol–water partition coefficient (Wildman–Crippen LogP) is -0.548. The van der Waals surface area contributed by atoms with Gasteiger partial charge >= 0.3 is 0 Å². The number of nitrogens with two attached hydrogens (primary N) is 1. The monoisotopic (exact) mass is 277 g/mol. The molecule has 0 aromatic heterocycles. The second kappa shape index (κ2) is 4.42. The molecule has 104 valence electrons. The fourth-order valence-corrected chi connectivity index (χ4v) is 1.75. The maximum Gasteiger partial charge on any atom is 0.234 e. The van der Waals surface area contributed by atoms with Crippen LogP contribution in [0.1, 0.15) is 26.7 Å². The van der Waals surface area contributed by atoms with Gasteiger partial charge in [0.05, 0.1) is 4.75 Å². The van der Waals surface area contributed by atoms with E-state index >= 15 is 0 Å². The lowest BCUT2D eigenvalue weighted by Gasteiger charge is -2.24. The SMILES string of the molecule is CC(C)(CNC(=O)C1(C(N)=NO)CC1)S(C)(=O)=O. The Morgan fingerprint density at radius 3 is 2.33 bits per heavy atom. The summed E-state index contributed by atoms with van der Waals surface area (Å²) in [5, 5.41) is 14.0. The average molecular weight is 277 g/mol. The van der Waals surface area contributed by atoms with Crippen molar-refractivity contribution in [1.29, 1.82) is 0 Å². The first kappa shape index (κ1) is 14.7. The van der Waals surface area contributed by atoms with Crippen LogP contribution in [0, 0.1) is 5.41 Å². The largest absolute Gasteiger partial charge is 0.409 e. The summed E-state index contributed by atoms with van der Waals surface area (Å²) in [5.74, 6) is -0.522. The highest BCUT2D eigenvalue weighted by molar-refractivity contribution is 7.92. The summed E-state index contributed by atoms with van der Waals surface area (Å²) >= 11 is 0. The summed E-state index contributed by atoms with van der Waals surface area (Å²) in [4.78, 5) is 11.9. The molecule has 0 aliphatic heterocycles. The Balaban J connectivity index is 2.69. The van der Waals surface area contributed by atoms with E-state index in [4.69, 9.17) is 10.9 Å². The maximum atomic E-state index is 11.9.